The SMILES string of the molecule is CCOC(=O)N1Cc2cccc(Br)c2C[C@H]1C(=O)OC. The first-order valence-electron chi connectivity index (χ1n) is 6.36. The molecule has 0 N–H and O–H groups in total. The lowest BCUT2D eigenvalue weighted by Crippen LogP contribution is -2.49. The minimum atomic E-state index is -0.648. The Balaban J connectivity index is 2.35. The zero-order chi connectivity index (χ0) is 14.7. The third-order valence-electron chi connectivity index (χ3n) is 3.31. The highest BCUT2D eigenvalue weighted by Crippen LogP contribution is 2.30. The third-order valence-corrected chi connectivity index (χ3v) is 4.05. The number of rotatable bonds is 2. The van der Waals surface area contributed by atoms with Crippen LogP contribution in [-0.4, -0.2) is 36.7 Å². The molecule has 1 aromatic rings. The van der Waals surface area contributed by atoms with Gasteiger partial charge in [0, 0.05) is 10.9 Å². The molecule has 0 fully saturated rings. The van der Waals surface area contributed by atoms with Crippen molar-refractivity contribution in [1.82, 2.24) is 4.90 Å². The zero-order valence-electron chi connectivity index (χ0n) is 11.4. The maximum atomic E-state index is 12.0. The van der Waals surface area contributed by atoms with E-state index in [1.165, 1.54) is 12.0 Å². The Morgan fingerprint density at radius 1 is 1.45 bits per heavy atom. The van der Waals surface area contributed by atoms with Crippen LogP contribution in [0.3, 0.4) is 0 Å². The highest BCUT2D eigenvalue weighted by Gasteiger charge is 2.36. The number of hydrogen-bond donors (Lipinski definition) is 0. The van der Waals surface area contributed by atoms with Crippen LogP contribution in [0.2, 0.25) is 0 Å². The number of benzene rings is 1. The van der Waals surface area contributed by atoms with Crippen molar-refractivity contribution in [3.8, 4) is 0 Å². The number of carbonyl (C=O) groups is 2. The summed E-state index contributed by atoms with van der Waals surface area (Å²) in [7, 11) is 1.32. The van der Waals surface area contributed by atoms with Gasteiger partial charge in [-0.2, -0.15) is 0 Å². The van der Waals surface area contributed by atoms with E-state index in [0.29, 0.717) is 13.0 Å². The van der Waals surface area contributed by atoms with E-state index in [0.717, 1.165) is 15.6 Å². The molecule has 0 saturated carbocycles. The lowest BCUT2D eigenvalue weighted by Gasteiger charge is -2.34. The summed E-state index contributed by atoms with van der Waals surface area (Å²) >= 11 is 3.48. The second-order valence-electron chi connectivity index (χ2n) is 4.45. The first-order valence-corrected chi connectivity index (χ1v) is 7.15. The maximum absolute atomic E-state index is 12.0. The molecule has 1 aliphatic rings. The van der Waals surface area contributed by atoms with Crippen molar-refractivity contribution >= 4 is 28.0 Å². The Labute approximate surface area is 126 Å². The number of halogens is 1. The van der Waals surface area contributed by atoms with E-state index in [2.05, 4.69) is 15.9 Å². The van der Waals surface area contributed by atoms with Gasteiger partial charge in [-0.05, 0) is 24.1 Å². The normalized spacial score (nSPS) is 17.4. The van der Waals surface area contributed by atoms with E-state index in [9.17, 15) is 9.59 Å². The first kappa shape index (κ1) is 14.8. The Bertz CT molecular complexity index is 532. The van der Waals surface area contributed by atoms with E-state index in [-0.39, 0.29) is 6.61 Å². The van der Waals surface area contributed by atoms with Crippen LogP contribution >= 0.6 is 15.9 Å². The highest BCUT2D eigenvalue weighted by molar-refractivity contribution is 9.10. The van der Waals surface area contributed by atoms with Gasteiger partial charge in [0.05, 0.1) is 20.3 Å². The number of fused-ring (bicyclic) bond motifs is 1. The predicted molar refractivity (Wildman–Crippen MR) is 76.2 cm³/mol. The maximum Gasteiger partial charge on any atom is 0.410 e. The number of ether oxygens (including phenoxy) is 2. The average Bonchev–Trinajstić information content (AvgIpc) is 2.46. The number of amides is 1. The van der Waals surface area contributed by atoms with Crippen LogP contribution in [0, 0.1) is 0 Å². The van der Waals surface area contributed by atoms with Crippen LogP contribution in [0.5, 0.6) is 0 Å². The fourth-order valence-corrected chi connectivity index (χ4v) is 2.89. The van der Waals surface area contributed by atoms with Gasteiger partial charge in [-0.3, -0.25) is 4.90 Å². The summed E-state index contributed by atoms with van der Waals surface area (Å²) in [6.45, 7) is 2.35. The van der Waals surface area contributed by atoms with Gasteiger partial charge in [0.15, 0.2) is 0 Å². The van der Waals surface area contributed by atoms with Gasteiger partial charge >= 0.3 is 12.1 Å². The second-order valence-corrected chi connectivity index (χ2v) is 5.30. The lowest BCUT2D eigenvalue weighted by atomic mass is 9.94. The minimum Gasteiger partial charge on any atom is -0.467 e. The van der Waals surface area contributed by atoms with Gasteiger partial charge in [0.25, 0.3) is 0 Å². The van der Waals surface area contributed by atoms with Crippen LogP contribution < -0.4 is 0 Å². The Hall–Kier alpha value is -1.56. The molecule has 20 heavy (non-hydrogen) atoms. The summed E-state index contributed by atoms with van der Waals surface area (Å²) in [5.41, 5.74) is 2.04. The van der Waals surface area contributed by atoms with Crippen molar-refractivity contribution in [3.63, 3.8) is 0 Å². The summed E-state index contributed by atoms with van der Waals surface area (Å²) < 4.78 is 10.8. The summed E-state index contributed by atoms with van der Waals surface area (Å²) in [5.74, 6) is -0.431. The molecule has 2 rings (SSSR count). The number of methoxy groups -OCH3 is 1. The molecule has 0 aliphatic carbocycles. The Kier molecular flexibility index (Phi) is 4.65. The summed E-state index contributed by atoms with van der Waals surface area (Å²) in [6.07, 6.45) is -0.0732. The fraction of sp³-hybridized carbons (Fsp3) is 0.429. The molecule has 0 radical (unpaired) electrons. The standard InChI is InChI=1S/C14H16BrNO4/c1-3-20-14(18)16-8-9-5-4-6-11(15)10(9)7-12(16)13(17)19-2/h4-6,12H,3,7-8H2,1-2H3/t12-/m0/s1. The quantitative estimate of drug-likeness (QED) is 0.775. The Morgan fingerprint density at radius 3 is 2.85 bits per heavy atom. The molecule has 0 aromatic heterocycles. The van der Waals surface area contributed by atoms with Crippen LogP contribution in [0.25, 0.3) is 0 Å². The molecular formula is C14H16BrNO4. The van der Waals surface area contributed by atoms with Gasteiger partial charge < -0.3 is 9.47 Å². The van der Waals surface area contributed by atoms with Crippen molar-refractivity contribution in [2.24, 2.45) is 0 Å². The topological polar surface area (TPSA) is 55.8 Å². The second kappa shape index (κ2) is 6.26. The molecule has 1 atom stereocenters. The molecule has 1 amide bonds. The average molecular weight is 342 g/mol. The van der Waals surface area contributed by atoms with Crippen molar-refractivity contribution in [1.29, 1.82) is 0 Å². The molecule has 0 spiro atoms. The van der Waals surface area contributed by atoms with Crippen LogP contribution in [0.15, 0.2) is 22.7 Å². The molecular weight excluding hydrogens is 326 g/mol. The van der Waals surface area contributed by atoms with E-state index < -0.39 is 18.1 Å². The van der Waals surface area contributed by atoms with Crippen molar-refractivity contribution < 1.29 is 19.1 Å². The monoisotopic (exact) mass is 341 g/mol. The predicted octanol–water partition coefficient (Wildman–Crippen LogP) is 2.51. The molecule has 0 saturated heterocycles. The van der Waals surface area contributed by atoms with Crippen molar-refractivity contribution in [2.75, 3.05) is 13.7 Å². The summed E-state index contributed by atoms with van der Waals surface area (Å²) in [6, 6.07) is 5.13. The number of esters is 1. The number of nitrogens with zero attached hydrogens (tertiary/aromatic N) is 1. The smallest absolute Gasteiger partial charge is 0.410 e. The van der Waals surface area contributed by atoms with Gasteiger partial charge in [-0.25, -0.2) is 9.59 Å². The van der Waals surface area contributed by atoms with Gasteiger partial charge in [-0.1, -0.05) is 28.1 Å². The molecule has 1 aliphatic heterocycles. The van der Waals surface area contributed by atoms with Gasteiger partial charge in [0.2, 0.25) is 0 Å². The molecule has 0 unspecified atom stereocenters. The first-order chi connectivity index (χ1) is 9.58. The number of carbonyl (C=O) groups excluding carboxylic acids is 2. The van der Waals surface area contributed by atoms with Crippen molar-refractivity contribution in [2.45, 2.75) is 25.9 Å². The van der Waals surface area contributed by atoms with E-state index in [4.69, 9.17) is 9.47 Å². The van der Waals surface area contributed by atoms with E-state index in [1.54, 1.807) is 6.92 Å². The summed E-state index contributed by atoms with van der Waals surface area (Å²) in [4.78, 5) is 25.3. The zero-order valence-corrected chi connectivity index (χ0v) is 13.0. The number of hydrogen-bond acceptors (Lipinski definition) is 4. The largest absolute Gasteiger partial charge is 0.467 e. The highest BCUT2D eigenvalue weighted by atomic mass is 79.9. The molecule has 108 valence electrons. The van der Waals surface area contributed by atoms with Crippen LogP contribution in [0.1, 0.15) is 18.1 Å². The lowest BCUT2D eigenvalue weighted by molar-refractivity contribution is -0.147. The molecule has 5 nitrogen and oxygen atoms in total. The van der Waals surface area contributed by atoms with E-state index in [1.807, 2.05) is 18.2 Å². The third kappa shape index (κ3) is 2.80. The Morgan fingerprint density at radius 2 is 2.20 bits per heavy atom. The fourth-order valence-electron chi connectivity index (χ4n) is 2.32. The molecule has 6 heteroatoms. The molecule has 1 aromatic carbocycles. The van der Waals surface area contributed by atoms with Gasteiger partial charge in [0.1, 0.15) is 6.04 Å². The summed E-state index contributed by atoms with van der Waals surface area (Å²) in [5, 5.41) is 0. The van der Waals surface area contributed by atoms with Crippen LogP contribution in [0.4, 0.5) is 4.79 Å². The molecule has 0 bridgehead atoms. The van der Waals surface area contributed by atoms with Crippen LogP contribution in [-0.2, 0) is 27.2 Å². The molecule has 1 heterocycles. The van der Waals surface area contributed by atoms with Crippen molar-refractivity contribution in [3.05, 3.63) is 33.8 Å². The minimum absolute atomic E-state index is 0.272. The van der Waals surface area contributed by atoms with Gasteiger partial charge in [-0.15, -0.1) is 0 Å². The van der Waals surface area contributed by atoms with E-state index >= 15 is 0 Å².